The maximum atomic E-state index is 11.6. The van der Waals surface area contributed by atoms with Crippen LogP contribution in [0.1, 0.15) is 6.92 Å². The van der Waals surface area contributed by atoms with Crippen LogP contribution in [-0.4, -0.2) is 38.3 Å². The normalized spacial score (nSPS) is 22.9. The van der Waals surface area contributed by atoms with Crippen LogP contribution in [0.4, 0.5) is 5.82 Å². The number of carbonyl (C=O) groups is 1. The van der Waals surface area contributed by atoms with Crippen molar-refractivity contribution >= 4 is 11.8 Å². The van der Waals surface area contributed by atoms with Crippen LogP contribution in [-0.2, 0) is 9.53 Å². The van der Waals surface area contributed by atoms with Gasteiger partial charge in [0.15, 0.2) is 0 Å². The van der Waals surface area contributed by atoms with Crippen molar-refractivity contribution in [3.63, 3.8) is 0 Å². The Morgan fingerprint density at radius 3 is 2.83 bits per heavy atom. The topological polar surface area (TPSA) is 51.7 Å². The van der Waals surface area contributed by atoms with Gasteiger partial charge < -0.3 is 14.4 Å². The molecule has 18 heavy (non-hydrogen) atoms. The maximum absolute atomic E-state index is 11.6. The second kappa shape index (κ2) is 5.25. The highest BCUT2D eigenvalue weighted by molar-refractivity contribution is 5.74. The molecule has 0 N–H and O–H groups in total. The number of hydrogen-bond donors (Lipinski definition) is 0. The molecule has 2 heterocycles. The van der Waals surface area contributed by atoms with E-state index in [4.69, 9.17) is 9.47 Å². The molecule has 2 unspecified atom stereocenters. The molecule has 0 spiro atoms. The predicted molar refractivity (Wildman–Crippen MR) is 67.7 cm³/mol. The van der Waals surface area contributed by atoms with Crippen molar-refractivity contribution < 1.29 is 14.3 Å². The SMILES string of the molecule is COC(=O)C1CN(c2cccc(OC)n2)CC1C. The van der Waals surface area contributed by atoms with Gasteiger partial charge in [-0.3, -0.25) is 4.79 Å². The molecule has 1 aliphatic heterocycles. The number of methoxy groups -OCH3 is 2. The third-order valence-electron chi connectivity index (χ3n) is 3.36. The van der Waals surface area contributed by atoms with Gasteiger partial charge in [-0.1, -0.05) is 13.0 Å². The summed E-state index contributed by atoms with van der Waals surface area (Å²) >= 11 is 0. The third-order valence-corrected chi connectivity index (χ3v) is 3.36. The van der Waals surface area contributed by atoms with Crippen molar-refractivity contribution in [3.8, 4) is 5.88 Å². The Hall–Kier alpha value is -1.78. The largest absolute Gasteiger partial charge is 0.481 e. The molecule has 5 heteroatoms. The van der Waals surface area contributed by atoms with Crippen LogP contribution < -0.4 is 9.64 Å². The minimum absolute atomic E-state index is 0.0806. The monoisotopic (exact) mass is 250 g/mol. The van der Waals surface area contributed by atoms with E-state index in [0.717, 1.165) is 12.4 Å². The zero-order chi connectivity index (χ0) is 13.1. The van der Waals surface area contributed by atoms with Crippen molar-refractivity contribution in [2.75, 3.05) is 32.2 Å². The van der Waals surface area contributed by atoms with E-state index in [9.17, 15) is 4.79 Å². The van der Waals surface area contributed by atoms with E-state index < -0.39 is 0 Å². The minimum atomic E-state index is -0.145. The number of pyridine rings is 1. The predicted octanol–water partition coefficient (Wildman–Crippen LogP) is 1.34. The Morgan fingerprint density at radius 1 is 1.39 bits per heavy atom. The molecule has 1 aliphatic rings. The van der Waals surface area contributed by atoms with Gasteiger partial charge in [-0.25, -0.2) is 0 Å². The van der Waals surface area contributed by atoms with E-state index in [-0.39, 0.29) is 17.8 Å². The van der Waals surface area contributed by atoms with E-state index in [1.807, 2.05) is 12.1 Å². The van der Waals surface area contributed by atoms with E-state index >= 15 is 0 Å². The second-order valence-electron chi connectivity index (χ2n) is 4.55. The lowest BCUT2D eigenvalue weighted by Crippen LogP contribution is -2.24. The van der Waals surface area contributed by atoms with Gasteiger partial charge in [-0.2, -0.15) is 4.98 Å². The zero-order valence-corrected chi connectivity index (χ0v) is 10.9. The van der Waals surface area contributed by atoms with Crippen LogP contribution in [0.3, 0.4) is 0 Å². The number of ether oxygens (including phenoxy) is 2. The first kappa shape index (κ1) is 12.7. The van der Waals surface area contributed by atoms with E-state index in [2.05, 4.69) is 16.8 Å². The van der Waals surface area contributed by atoms with Gasteiger partial charge in [0.05, 0.1) is 20.1 Å². The van der Waals surface area contributed by atoms with Crippen molar-refractivity contribution in [3.05, 3.63) is 18.2 Å². The molecule has 1 fully saturated rings. The Bertz CT molecular complexity index is 436. The number of hydrogen-bond acceptors (Lipinski definition) is 5. The van der Waals surface area contributed by atoms with E-state index in [1.54, 1.807) is 13.2 Å². The molecular formula is C13H18N2O3. The Balaban J connectivity index is 2.13. The first-order valence-corrected chi connectivity index (χ1v) is 5.99. The molecule has 0 aromatic carbocycles. The smallest absolute Gasteiger partial charge is 0.310 e. The van der Waals surface area contributed by atoms with E-state index in [1.165, 1.54) is 7.11 Å². The fourth-order valence-electron chi connectivity index (χ4n) is 2.31. The van der Waals surface area contributed by atoms with Gasteiger partial charge in [0, 0.05) is 19.2 Å². The first-order chi connectivity index (χ1) is 8.65. The highest BCUT2D eigenvalue weighted by Crippen LogP contribution is 2.28. The first-order valence-electron chi connectivity index (χ1n) is 5.99. The lowest BCUT2D eigenvalue weighted by Gasteiger charge is -2.17. The molecule has 0 bridgehead atoms. The van der Waals surface area contributed by atoms with Crippen molar-refractivity contribution in [2.45, 2.75) is 6.92 Å². The molecule has 1 aromatic rings. The zero-order valence-electron chi connectivity index (χ0n) is 10.9. The summed E-state index contributed by atoms with van der Waals surface area (Å²) in [7, 11) is 3.03. The third kappa shape index (κ3) is 2.39. The van der Waals surface area contributed by atoms with Crippen molar-refractivity contribution in [2.24, 2.45) is 11.8 Å². The summed E-state index contributed by atoms with van der Waals surface area (Å²) in [5, 5.41) is 0. The van der Waals surface area contributed by atoms with Crippen molar-refractivity contribution in [1.29, 1.82) is 0 Å². The average Bonchev–Trinajstić information content (AvgIpc) is 2.80. The Labute approximate surface area is 107 Å². The van der Waals surface area contributed by atoms with Gasteiger partial charge >= 0.3 is 5.97 Å². The fourth-order valence-corrected chi connectivity index (χ4v) is 2.31. The highest BCUT2D eigenvalue weighted by Gasteiger charge is 2.36. The number of aromatic nitrogens is 1. The molecule has 0 amide bonds. The minimum Gasteiger partial charge on any atom is -0.481 e. The summed E-state index contributed by atoms with van der Waals surface area (Å²) in [6, 6.07) is 5.63. The number of carbonyl (C=O) groups excluding carboxylic acids is 1. The lowest BCUT2D eigenvalue weighted by molar-refractivity contribution is -0.145. The summed E-state index contributed by atoms with van der Waals surface area (Å²) in [5.41, 5.74) is 0. The number of rotatable bonds is 3. The van der Waals surface area contributed by atoms with Gasteiger partial charge in [0.25, 0.3) is 0 Å². The van der Waals surface area contributed by atoms with Crippen LogP contribution in [0.2, 0.25) is 0 Å². The Kier molecular flexibility index (Phi) is 3.69. The maximum Gasteiger partial charge on any atom is 0.310 e. The molecule has 2 atom stereocenters. The second-order valence-corrected chi connectivity index (χ2v) is 4.55. The lowest BCUT2D eigenvalue weighted by atomic mass is 9.99. The molecule has 5 nitrogen and oxygen atoms in total. The van der Waals surface area contributed by atoms with Gasteiger partial charge in [0.2, 0.25) is 5.88 Å². The average molecular weight is 250 g/mol. The van der Waals surface area contributed by atoms with Crippen molar-refractivity contribution in [1.82, 2.24) is 4.98 Å². The molecule has 98 valence electrons. The summed E-state index contributed by atoms with van der Waals surface area (Å²) in [5.74, 6) is 1.47. The van der Waals surface area contributed by atoms with Crippen LogP contribution in [0, 0.1) is 11.8 Å². The summed E-state index contributed by atoms with van der Waals surface area (Å²) in [6.45, 7) is 3.51. The molecule has 0 aliphatic carbocycles. The molecule has 2 rings (SSSR count). The van der Waals surface area contributed by atoms with Gasteiger partial charge in [0.1, 0.15) is 5.82 Å². The van der Waals surface area contributed by atoms with Crippen LogP contribution in [0.25, 0.3) is 0 Å². The summed E-state index contributed by atoms with van der Waals surface area (Å²) in [6.07, 6.45) is 0. The molecular weight excluding hydrogens is 232 g/mol. The molecule has 0 radical (unpaired) electrons. The van der Waals surface area contributed by atoms with Gasteiger partial charge in [-0.15, -0.1) is 0 Å². The fraction of sp³-hybridized carbons (Fsp3) is 0.538. The number of nitrogens with zero attached hydrogens (tertiary/aromatic N) is 2. The molecule has 1 aromatic heterocycles. The molecule has 0 saturated carbocycles. The summed E-state index contributed by atoms with van der Waals surface area (Å²) < 4.78 is 9.93. The van der Waals surface area contributed by atoms with Crippen LogP contribution in [0.5, 0.6) is 5.88 Å². The standard InChI is InChI=1S/C13H18N2O3/c1-9-7-15(8-10(9)13(16)18-3)11-5-4-6-12(14-11)17-2/h4-6,9-10H,7-8H2,1-3H3. The number of esters is 1. The van der Waals surface area contributed by atoms with Crippen LogP contribution >= 0.6 is 0 Å². The summed E-state index contributed by atoms with van der Waals surface area (Å²) in [4.78, 5) is 18.1. The molecule has 1 saturated heterocycles. The highest BCUT2D eigenvalue weighted by atomic mass is 16.5. The Morgan fingerprint density at radius 2 is 2.17 bits per heavy atom. The van der Waals surface area contributed by atoms with E-state index in [0.29, 0.717) is 12.4 Å². The van der Waals surface area contributed by atoms with Crippen LogP contribution in [0.15, 0.2) is 18.2 Å². The quantitative estimate of drug-likeness (QED) is 0.758. The van der Waals surface area contributed by atoms with Gasteiger partial charge in [-0.05, 0) is 12.0 Å². The number of anilines is 1.